The standard InChI is InChI=1S/C14H16N4O2/c1-11(20-13-5-3-2-4-6-13)14(19)17-9-12(10-17)18-8-7-15-16-18/h2-8,11-12H,9-10H2,1H3/t11-/m1/s1. The first kappa shape index (κ1) is 12.7. The number of carbonyl (C=O) groups excluding carboxylic acids is 1. The molecule has 0 unspecified atom stereocenters. The number of likely N-dealkylation sites (tertiary alicyclic amines) is 1. The summed E-state index contributed by atoms with van der Waals surface area (Å²) in [4.78, 5) is 14.0. The van der Waals surface area contributed by atoms with Crippen LogP contribution in [0.15, 0.2) is 42.7 Å². The fourth-order valence-corrected chi connectivity index (χ4v) is 2.23. The van der Waals surface area contributed by atoms with Gasteiger partial charge >= 0.3 is 0 Å². The lowest BCUT2D eigenvalue weighted by Gasteiger charge is -2.39. The second-order valence-electron chi connectivity index (χ2n) is 4.85. The number of hydrogen-bond acceptors (Lipinski definition) is 4. The van der Waals surface area contributed by atoms with Crippen LogP contribution in [0, 0.1) is 0 Å². The molecule has 1 aliphatic rings. The molecule has 3 rings (SSSR count). The third-order valence-corrected chi connectivity index (χ3v) is 3.39. The van der Waals surface area contributed by atoms with E-state index >= 15 is 0 Å². The van der Waals surface area contributed by atoms with E-state index in [1.54, 1.807) is 22.7 Å². The Morgan fingerprint density at radius 3 is 2.75 bits per heavy atom. The van der Waals surface area contributed by atoms with Crippen LogP contribution in [0.25, 0.3) is 0 Å². The highest BCUT2D eigenvalue weighted by atomic mass is 16.5. The number of benzene rings is 1. The fourth-order valence-electron chi connectivity index (χ4n) is 2.23. The second-order valence-corrected chi connectivity index (χ2v) is 4.85. The number of para-hydroxylation sites is 1. The van der Waals surface area contributed by atoms with Gasteiger partial charge in [-0.2, -0.15) is 0 Å². The number of rotatable bonds is 4. The average Bonchev–Trinajstić information content (AvgIpc) is 2.92. The van der Waals surface area contributed by atoms with Gasteiger partial charge in [0.15, 0.2) is 6.10 Å². The molecule has 1 saturated heterocycles. The summed E-state index contributed by atoms with van der Waals surface area (Å²) in [7, 11) is 0. The maximum absolute atomic E-state index is 12.2. The number of ether oxygens (including phenoxy) is 1. The number of carbonyl (C=O) groups is 1. The van der Waals surface area contributed by atoms with Gasteiger partial charge in [-0.3, -0.25) is 4.79 Å². The Labute approximate surface area is 117 Å². The summed E-state index contributed by atoms with van der Waals surface area (Å²) >= 11 is 0. The zero-order chi connectivity index (χ0) is 13.9. The van der Waals surface area contributed by atoms with Gasteiger partial charge in [0.05, 0.1) is 12.2 Å². The summed E-state index contributed by atoms with van der Waals surface area (Å²) in [5, 5.41) is 7.71. The lowest BCUT2D eigenvalue weighted by molar-refractivity contribution is -0.144. The van der Waals surface area contributed by atoms with Crippen molar-refractivity contribution in [1.29, 1.82) is 0 Å². The van der Waals surface area contributed by atoms with Crippen LogP contribution in [-0.2, 0) is 4.79 Å². The minimum Gasteiger partial charge on any atom is -0.481 e. The van der Waals surface area contributed by atoms with Gasteiger partial charge in [0, 0.05) is 19.3 Å². The van der Waals surface area contributed by atoms with Crippen LogP contribution in [0.3, 0.4) is 0 Å². The van der Waals surface area contributed by atoms with Crippen LogP contribution in [-0.4, -0.2) is 45.0 Å². The number of nitrogens with zero attached hydrogens (tertiary/aromatic N) is 4. The van der Waals surface area contributed by atoms with Crippen LogP contribution in [0.4, 0.5) is 0 Å². The molecule has 1 aromatic carbocycles. The monoisotopic (exact) mass is 272 g/mol. The van der Waals surface area contributed by atoms with Crippen LogP contribution in [0.5, 0.6) is 5.75 Å². The Hall–Kier alpha value is -2.37. The predicted octanol–water partition coefficient (Wildman–Crippen LogP) is 1.13. The van der Waals surface area contributed by atoms with Crippen molar-refractivity contribution in [3.8, 4) is 5.75 Å². The van der Waals surface area contributed by atoms with Crippen LogP contribution in [0.1, 0.15) is 13.0 Å². The number of hydrogen-bond donors (Lipinski definition) is 0. The molecule has 1 amide bonds. The van der Waals surface area contributed by atoms with E-state index in [0.29, 0.717) is 18.8 Å². The third kappa shape index (κ3) is 2.49. The van der Waals surface area contributed by atoms with Gasteiger partial charge in [-0.1, -0.05) is 23.4 Å². The van der Waals surface area contributed by atoms with Crippen molar-refractivity contribution in [3.63, 3.8) is 0 Å². The molecule has 2 aromatic rings. The molecule has 0 radical (unpaired) electrons. The van der Waals surface area contributed by atoms with Gasteiger partial charge in [0.2, 0.25) is 0 Å². The quantitative estimate of drug-likeness (QED) is 0.837. The van der Waals surface area contributed by atoms with E-state index in [1.165, 1.54) is 0 Å². The molecular formula is C14H16N4O2. The van der Waals surface area contributed by atoms with Gasteiger partial charge < -0.3 is 9.64 Å². The number of amides is 1. The normalized spacial score (nSPS) is 16.6. The van der Waals surface area contributed by atoms with E-state index in [1.807, 2.05) is 36.5 Å². The summed E-state index contributed by atoms with van der Waals surface area (Å²) < 4.78 is 7.42. The van der Waals surface area contributed by atoms with Crippen LogP contribution >= 0.6 is 0 Å². The van der Waals surface area contributed by atoms with Crippen molar-refractivity contribution >= 4 is 5.91 Å². The highest BCUT2D eigenvalue weighted by molar-refractivity contribution is 5.81. The van der Waals surface area contributed by atoms with E-state index in [4.69, 9.17) is 4.74 Å². The molecule has 1 aliphatic heterocycles. The molecule has 1 aromatic heterocycles. The highest BCUT2D eigenvalue weighted by Crippen LogP contribution is 2.21. The summed E-state index contributed by atoms with van der Waals surface area (Å²) in [5.74, 6) is 0.715. The first-order valence-corrected chi connectivity index (χ1v) is 6.60. The third-order valence-electron chi connectivity index (χ3n) is 3.39. The molecule has 104 valence electrons. The summed E-state index contributed by atoms with van der Waals surface area (Å²) in [5.41, 5.74) is 0. The van der Waals surface area contributed by atoms with E-state index in [9.17, 15) is 4.79 Å². The Kier molecular flexibility index (Phi) is 3.37. The molecule has 1 atom stereocenters. The summed E-state index contributed by atoms with van der Waals surface area (Å²) in [6.07, 6.45) is 2.98. The Balaban J connectivity index is 1.53. The molecule has 0 bridgehead atoms. The van der Waals surface area contributed by atoms with Gasteiger partial charge in [-0.25, -0.2) is 4.68 Å². The summed E-state index contributed by atoms with van der Waals surface area (Å²) in [6, 6.07) is 9.60. The molecule has 0 N–H and O–H groups in total. The summed E-state index contributed by atoms with van der Waals surface area (Å²) in [6.45, 7) is 3.09. The zero-order valence-electron chi connectivity index (χ0n) is 11.2. The highest BCUT2D eigenvalue weighted by Gasteiger charge is 2.35. The molecule has 1 fully saturated rings. The first-order chi connectivity index (χ1) is 9.74. The van der Waals surface area contributed by atoms with E-state index < -0.39 is 6.10 Å². The lowest BCUT2D eigenvalue weighted by atomic mass is 10.1. The minimum absolute atomic E-state index is 0.00483. The van der Waals surface area contributed by atoms with Crippen molar-refractivity contribution in [2.24, 2.45) is 0 Å². The molecule has 2 heterocycles. The maximum atomic E-state index is 12.2. The SMILES string of the molecule is C[C@@H](Oc1ccccc1)C(=O)N1CC(n2ccnn2)C1. The van der Waals surface area contributed by atoms with Gasteiger partial charge in [0.1, 0.15) is 5.75 Å². The van der Waals surface area contributed by atoms with Crippen molar-refractivity contribution in [2.75, 3.05) is 13.1 Å². The Morgan fingerprint density at radius 1 is 1.35 bits per heavy atom. The second kappa shape index (κ2) is 5.32. The smallest absolute Gasteiger partial charge is 0.263 e. The molecule has 0 aliphatic carbocycles. The molecule has 6 heteroatoms. The van der Waals surface area contributed by atoms with E-state index in [0.717, 1.165) is 0 Å². The van der Waals surface area contributed by atoms with Crippen molar-refractivity contribution < 1.29 is 9.53 Å². The molecule has 20 heavy (non-hydrogen) atoms. The Morgan fingerprint density at radius 2 is 2.10 bits per heavy atom. The molecule has 0 saturated carbocycles. The van der Waals surface area contributed by atoms with E-state index in [2.05, 4.69) is 10.3 Å². The Bertz CT molecular complexity index is 564. The largest absolute Gasteiger partial charge is 0.481 e. The van der Waals surface area contributed by atoms with Crippen LogP contribution in [0.2, 0.25) is 0 Å². The van der Waals surface area contributed by atoms with E-state index in [-0.39, 0.29) is 11.9 Å². The van der Waals surface area contributed by atoms with Crippen molar-refractivity contribution in [1.82, 2.24) is 19.9 Å². The van der Waals surface area contributed by atoms with Gasteiger partial charge in [-0.15, -0.1) is 5.10 Å². The first-order valence-electron chi connectivity index (χ1n) is 6.60. The maximum Gasteiger partial charge on any atom is 0.263 e. The van der Waals surface area contributed by atoms with Gasteiger partial charge in [-0.05, 0) is 19.1 Å². The number of aromatic nitrogens is 3. The zero-order valence-corrected chi connectivity index (χ0v) is 11.2. The van der Waals surface area contributed by atoms with Gasteiger partial charge in [0.25, 0.3) is 5.91 Å². The minimum atomic E-state index is -0.478. The lowest BCUT2D eigenvalue weighted by Crippen LogP contribution is -2.54. The predicted molar refractivity (Wildman–Crippen MR) is 72.2 cm³/mol. The van der Waals surface area contributed by atoms with Crippen molar-refractivity contribution in [3.05, 3.63) is 42.7 Å². The topological polar surface area (TPSA) is 60.2 Å². The average molecular weight is 272 g/mol. The molecular weight excluding hydrogens is 256 g/mol. The molecule has 0 spiro atoms. The van der Waals surface area contributed by atoms with Crippen molar-refractivity contribution in [2.45, 2.75) is 19.1 Å². The fraction of sp³-hybridized carbons (Fsp3) is 0.357. The molecule has 6 nitrogen and oxygen atoms in total. The van der Waals surface area contributed by atoms with Crippen LogP contribution < -0.4 is 4.74 Å².